The summed E-state index contributed by atoms with van der Waals surface area (Å²) in [4.78, 5) is 10.3. The van der Waals surface area contributed by atoms with E-state index in [0.717, 1.165) is 0 Å². The van der Waals surface area contributed by atoms with Crippen LogP contribution in [0, 0.1) is 10.1 Å². The Bertz CT molecular complexity index is 402. The van der Waals surface area contributed by atoms with Crippen LogP contribution in [-0.4, -0.2) is 16.1 Å². The van der Waals surface area contributed by atoms with Gasteiger partial charge < -0.3 is 5.11 Å². The normalized spacial score (nSPS) is 13.0. The lowest BCUT2D eigenvalue weighted by atomic mass is 10.1. The van der Waals surface area contributed by atoms with E-state index in [0.29, 0.717) is 10.0 Å². The van der Waals surface area contributed by atoms with Crippen molar-refractivity contribution in [2.75, 3.05) is 0 Å². The minimum Gasteiger partial charge on any atom is -0.389 e. The molecule has 5 heteroatoms. The summed E-state index contributed by atoms with van der Waals surface area (Å²) in [7, 11) is 0. The topological polar surface area (TPSA) is 63.4 Å². The van der Waals surface area contributed by atoms with Gasteiger partial charge >= 0.3 is 0 Å². The van der Waals surface area contributed by atoms with E-state index in [9.17, 15) is 10.1 Å². The first-order chi connectivity index (χ1) is 7.00. The van der Waals surface area contributed by atoms with Crippen molar-refractivity contribution in [3.63, 3.8) is 0 Å². The monoisotopic (exact) mass is 271 g/mol. The molecule has 0 amide bonds. The van der Waals surface area contributed by atoms with Crippen LogP contribution >= 0.6 is 15.9 Å². The molecule has 1 atom stereocenters. The van der Waals surface area contributed by atoms with E-state index < -0.39 is 11.0 Å². The van der Waals surface area contributed by atoms with Crippen LogP contribution in [0.25, 0.3) is 6.08 Å². The summed E-state index contributed by atoms with van der Waals surface area (Å²) in [5, 5.41) is 19.7. The molecule has 4 nitrogen and oxygen atoms in total. The molecule has 0 saturated heterocycles. The molecule has 1 aromatic carbocycles. The van der Waals surface area contributed by atoms with Gasteiger partial charge in [0, 0.05) is 10.5 Å². The number of benzene rings is 1. The number of nitro benzene ring substituents is 1. The maximum atomic E-state index is 10.7. The molecule has 0 bridgehead atoms. The molecular formula is C10H10BrNO3. The Morgan fingerprint density at radius 1 is 1.60 bits per heavy atom. The summed E-state index contributed by atoms with van der Waals surface area (Å²) in [6, 6.07) is 4.78. The predicted molar refractivity (Wildman–Crippen MR) is 61.5 cm³/mol. The smallest absolute Gasteiger partial charge is 0.277 e. The summed E-state index contributed by atoms with van der Waals surface area (Å²) in [6.45, 7) is 1.58. The van der Waals surface area contributed by atoms with Crippen molar-refractivity contribution in [1.29, 1.82) is 0 Å². The molecule has 0 aliphatic heterocycles. The van der Waals surface area contributed by atoms with Crippen molar-refractivity contribution in [3.05, 3.63) is 44.4 Å². The molecule has 80 valence electrons. The first-order valence-electron chi connectivity index (χ1n) is 4.31. The molecular weight excluding hydrogens is 262 g/mol. The minimum absolute atomic E-state index is 0.0151. The van der Waals surface area contributed by atoms with Crippen molar-refractivity contribution < 1.29 is 10.0 Å². The average Bonchev–Trinajstić information content (AvgIpc) is 2.15. The van der Waals surface area contributed by atoms with Gasteiger partial charge in [0.05, 0.1) is 16.6 Å². The fourth-order valence-corrected chi connectivity index (χ4v) is 1.41. The number of nitrogens with zero attached hydrogens (tertiary/aromatic N) is 1. The second-order valence-electron chi connectivity index (χ2n) is 3.06. The fraction of sp³-hybridized carbons (Fsp3) is 0.200. The fourth-order valence-electron chi connectivity index (χ4n) is 1.06. The number of halogens is 1. The lowest BCUT2D eigenvalue weighted by Crippen LogP contribution is -1.94. The molecule has 1 rings (SSSR count). The maximum Gasteiger partial charge on any atom is 0.277 e. The lowest BCUT2D eigenvalue weighted by Gasteiger charge is -1.99. The zero-order valence-electron chi connectivity index (χ0n) is 8.05. The second-order valence-corrected chi connectivity index (χ2v) is 3.98. The largest absolute Gasteiger partial charge is 0.389 e. The highest BCUT2D eigenvalue weighted by molar-refractivity contribution is 9.10. The zero-order valence-corrected chi connectivity index (χ0v) is 9.64. The number of nitro groups is 1. The van der Waals surface area contributed by atoms with Crippen LogP contribution < -0.4 is 0 Å². The van der Waals surface area contributed by atoms with E-state index in [1.54, 1.807) is 19.1 Å². The summed E-state index contributed by atoms with van der Waals surface area (Å²) in [5.41, 5.74) is 0.491. The lowest BCUT2D eigenvalue weighted by molar-refractivity contribution is -0.385. The van der Waals surface area contributed by atoms with Crippen LogP contribution in [0.1, 0.15) is 12.5 Å². The Hall–Kier alpha value is -1.20. The Morgan fingerprint density at radius 3 is 2.80 bits per heavy atom. The van der Waals surface area contributed by atoms with Gasteiger partial charge in [-0.3, -0.25) is 10.1 Å². The van der Waals surface area contributed by atoms with Crippen LogP contribution in [-0.2, 0) is 0 Å². The molecule has 0 spiro atoms. The second kappa shape index (κ2) is 5.04. The molecule has 1 N–H and O–H groups in total. The Morgan fingerprint density at radius 2 is 2.27 bits per heavy atom. The van der Waals surface area contributed by atoms with E-state index >= 15 is 0 Å². The van der Waals surface area contributed by atoms with E-state index in [4.69, 9.17) is 5.11 Å². The van der Waals surface area contributed by atoms with Gasteiger partial charge in [0.25, 0.3) is 5.69 Å². The highest BCUT2D eigenvalue weighted by atomic mass is 79.9. The summed E-state index contributed by atoms with van der Waals surface area (Å²) < 4.78 is 0.656. The third kappa shape index (κ3) is 3.45. The van der Waals surface area contributed by atoms with Gasteiger partial charge in [-0.1, -0.05) is 22.0 Å². The van der Waals surface area contributed by atoms with Gasteiger partial charge in [-0.25, -0.2) is 0 Å². The average molecular weight is 272 g/mol. The molecule has 0 fully saturated rings. The number of hydrogen-bond donors (Lipinski definition) is 1. The minimum atomic E-state index is -0.617. The third-order valence-corrected chi connectivity index (χ3v) is 2.24. The van der Waals surface area contributed by atoms with Gasteiger partial charge in [-0.05, 0) is 25.1 Å². The van der Waals surface area contributed by atoms with E-state index in [1.807, 2.05) is 0 Å². The number of aliphatic hydroxyl groups excluding tert-OH is 1. The third-order valence-electron chi connectivity index (χ3n) is 1.74. The summed E-state index contributed by atoms with van der Waals surface area (Å²) >= 11 is 3.17. The molecule has 1 unspecified atom stereocenters. The maximum absolute atomic E-state index is 10.7. The standard InChI is InChI=1S/C10H10BrNO3/c1-7(13)2-3-8-4-5-9(11)6-10(8)12(14)15/h2-7,13H,1H3/b3-2+. The van der Waals surface area contributed by atoms with Crippen LogP contribution in [0.3, 0.4) is 0 Å². The molecule has 0 aliphatic carbocycles. The van der Waals surface area contributed by atoms with Crippen LogP contribution in [0.15, 0.2) is 28.7 Å². The van der Waals surface area contributed by atoms with Crippen LogP contribution in [0.2, 0.25) is 0 Å². The number of rotatable bonds is 3. The molecule has 0 radical (unpaired) electrons. The van der Waals surface area contributed by atoms with E-state index in [-0.39, 0.29) is 5.69 Å². The van der Waals surface area contributed by atoms with Gasteiger partial charge in [-0.15, -0.1) is 0 Å². The molecule has 0 saturated carbocycles. The predicted octanol–water partition coefficient (Wildman–Crippen LogP) is 2.75. The first-order valence-corrected chi connectivity index (χ1v) is 5.10. The summed E-state index contributed by atoms with van der Waals surface area (Å²) in [6.07, 6.45) is 2.42. The van der Waals surface area contributed by atoms with Crippen molar-refractivity contribution in [1.82, 2.24) is 0 Å². The SMILES string of the molecule is CC(O)/C=C/c1ccc(Br)cc1[N+](=O)[O-]. The van der Waals surface area contributed by atoms with Gasteiger partial charge in [-0.2, -0.15) is 0 Å². The highest BCUT2D eigenvalue weighted by Gasteiger charge is 2.11. The van der Waals surface area contributed by atoms with Gasteiger partial charge in [0.15, 0.2) is 0 Å². The van der Waals surface area contributed by atoms with Crippen molar-refractivity contribution >= 4 is 27.7 Å². The zero-order chi connectivity index (χ0) is 11.4. The van der Waals surface area contributed by atoms with Crippen molar-refractivity contribution in [3.8, 4) is 0 Å². The number of aliphatic hydroxyl groups is 1. The van der Waals surface area contributed by atoms with Gasteiger partial charge in [0.2, 0.25) is 0 Å². The molecule has 0 aromatic heterocycles. The Labute approximate surface area is 95.5 Å². The first kappa shape index (κ1) is 11.9. The number of hydrogen-bond acceptors (Lipinski definition) is 3. The quantitative estimate of drug-likeness (QED) is 0.679. The molecule has 15 heavy (non-hydrogen) atoms. The van der Waals surface area contributed by atoms with Crippen molar-refractivity contribution in [2.24, 2.45) is 0 Å². The highest BCUT2D eigenvalue weighted by Crippen LogP contribution is 2.24. The van der Waals surface area contributed by atoms with Crippen LogP contribution in [0.4, 0.5) is 5.69 Å². The summed E-state index contributed by atoms with van der Waals surface area (Å²) in [5.74, 6) is 0. The van der Waals surface area contributed by atoms with E-state index in [1.165, 1.54) is 18.2 Å². The Balaban J connectivity index is 3.12. The molecule has 1 aromatic rings. The molecule has 0 heterocycles. The van der Waals surface area contributed by atoms with Crippen molar-refractivity contribution in [2.45, 2.75) is 13.0 Å². The van der Waals surface area contributed by atoms with Crippen LogP contribution in [0.5, 0.6) is 0 Å². The van der Waals surface area contributed by atoms with E-state index in [2.05, 4.69) is 15.9 Å². The van der Waals surface area contributed by atoms with Gasteiger partial charge in [0.1, 0.15) is 0 Å². The molecule has 0 aliphatic rings. The Kier molecular flexibility index (Phi) is 3.99.